The van der Waals surface area contributed by atoms with Crippen LogP contribution in [0.4, 0.5) is 16.2 Å². The van der Waals surface area contributed by atoms with Gasteiger partial charge in [-0.1, -0.05) is 30.3 Å². The summed E-state index contributed by atoms with van der Waals surface area (Å²) in [5.74, 6) is -0.165. The zero-order valence-electron chi connectivity index (χ0n) is 15.3. The Bertz CT molecular complexity index is 770. The van der Waals surface area contributed by atoms with Crippen molar-refractivity contribution >= 4 is 23.3 Å². The first kappa shape index (κ1) is 19.5. The van der Waals surface area contributed by atoms with Crippen LogP contribution in [0, 0.1) is 6.92 Å². The van der Waals surface area contributed by atoms with Gasteiger partial charge in [-0.2, -0.15) is 0 Å². The van der Waals surface area contributed by atoms with Crippen molar-refractivity contribution in [2.75, 3.05) is 17.2 Å². The Hall–Kier alpha value is -2.86. The number of hydrogen-bond donors (Lipinski definition) is 4. The van der Waals surface area contributed by atoms with Crippen molar-refractivity contribution in [1.82, 2.24) is 5.32 Å². The zero-order chi connectivity index (χ0) is 19.2. The number of urea groups is 1. The number of benzene rings is 2. The fraction of sp³-hybridized carbons (Fsp3) is 0.300. The maximum Gasteiger partial charge on any atom is 0.323 e. The van der Waals surface area contributed by atoms with Crippen LogP contribution < -0.4 is 16.0 Å². The van der Waals surface area contributed by atoms with E-state index in [1.54, 1.807) is 38.1 Å². The number of rotatable bonds is 6. The van der Waals surface area contributed by atoms with Gasteiger partial charge in [-0.3, -0.25) is 4.79 Å². The van der Waals surface area contributed by atoms with Crippen LogP contribution in [0.25, 0.3) is 0 Å². The van der Waals surface area contributed by atoms with Crippen molar-refractivity contribution in [3.8, 4) is 0 Å². The van der Waals surface area contributed by atoms with Crippen molar-refractivity contribution < 1.29 is 14.7 Å². The Balaban J connectivity index is 1.90. The number of anilines is 2. The molecule has 3 amide bonds. The van der Waals surface area contributed by atoms with E-state index in [1.165, 1.54) is 0 Å². The number of nitrogens with one attached hydrogen (secondary N) is 3. The third kappa shape index (κ3) is 5.89. The minimum absolute atomic E-state index is 0.127. The second kappa shape index (κ2) is 8.49. The zero-order valence-corrected chi connectivity index (χ0v) is 15.3. The van der Waals surface area contributed by atoms with Crippen LogP contribution in [0.3, 0.4) is 0 Å². The monoisotopic (exact) mass is 355 g/mol. The number of aliphatic hydroxyl groups excluding tert-OH is 1. The lowest BCUT2D eigenvalue weighted by Gasteiger charge is -2.23. The number of carbonyl (C=O) groups excluding carboxylic acids is 2. The number of hydrogen-bond acceptors (Lipinski definition) is 3. The Morgan fingerprint density at radius 3 is 2.27 bits per heavy atom. The summed E-state index contributed by atoms with van der Waals surface area (Å²) in [5, 5.41) is 17.5. The van der Waals surface area contributed by atoms with Gasteiger partial charge in [-0.05, 0) is 50.1 Å². The number of para-hydroxylation sites is 1. The van der Waals surface area contributed by atoms with E-state index in [0.717, 1.165) is 16.8 Å². The summed E-state index contributed by atoms with van der Waals surface area (Å²) in [6, 6.07) is 14.3. The van der Waals surface area contributed by atoms with Gasteiger partial charge in [-0.25, -0.2) is 4.79 Å². The van der Waals surface area contributed by atoms with Crippen LogP contribution in [0.15, 0.2) is 48.5 Å². The van der Waals surface area contributed by atoms with Crippen molar-refractivity contribution in [2.24, 2.45) is 0 Å². The topological polar surface area (TPSA) is 90.5 Å². The van der Waals surface area contributed by atoms with Gasteiger partial charge in [0, 0.05) is 11.4 Å². The third-order valence-corrected chi connectivity index (χ3v) is 3.84. The van der Waals surface area contributed by atoms with E-state index in [-0.39, 0.29) is 25.0 Å². The molecule has 138 valence electrons. The number of amides is 3. The fourth-order valence-corrected chi connectivity index (χ4v) is 2.35. The van der Waals surface area contributed by atoms with E-state index in [2.05, 4.69) is 16.0 Å². The first-order valence-corrected chi connectivity index (χ1v) is 8.43. The Labute approximate surface area is 153 Å². The number of aryl methyl sites for hydroxylation is 1. The lowest BCUT2D eigenvalue weighted by molar-refractivity contribution is -0.122. The quantitative estimate of drug-likeness (QED) is 0.642. The van der Waals surface area contributed by atoms with Gasteiger partial charge >= 0.3 is 6.03 Å². The highest BCUT2D eigenvalue weighted by atomic mass is 16.3. The summed E-state index contributed by atoms with van der Waals surface area (Å²) in [4.78, 5) is 24.1. The molecule has 2 rings (SSSR count). The first-order chi connectivity index (χ1) is 12.3. The summed E-state index contributed by atoms with van der Waals surface area (Å²) >= 11 is 0. The van der Waals surface area contributed by atoms with Crippen LogP contribution in [0.1, 0.15) is 25.0 Å². The molecular formula is C20H25N3O3. The number of aliphatic hydroxyl groups is 1. The SMILES string of the molecule is Cc1ccccc1NC(=O)Nc1ccc(CC(=O)NC(C)(C)CO)cc1. The van der Waals surface area contributed by atoms with Gasteiger partial charge in [0.1, 0.15) is 0 Å². The molecule has 6 heteroatoms. The molecule has 0 bridgehead atoms. The molecule has 0 aromatic heterocycles. The van der Waals surface area contributed by atoms with Gasteiger partial charge in [0.2, 0.25) is 5.91 Å². The second-order valence-electron chi connectivity index (χ2n) is 6.86. The van der Waals surface area contributed by atoms with Crippen molar-refractivity contribution in [3.63, 3.8) is 0 Å². The van der Waals surface area contributed by atoms with Crippen LogP contribution in [0.2, 0.25) is 0 Å². The summed E-state index contributed by atoms with van der Waals surface area (Å²) in [6.45, 7) is 5.31. The van der Waals surface area contributed by atoms with Gasteiger partial charge < -0.3 is 21.1 Å². The smallest absolute Gasteiger partial charge is 0.323 e. The molecule has 0 aliphatic rings. The van der Waals surface area contributed by atoms with E-state index in [0.29, 0.717) is 5.69 Å². The van der Waals surface area contributed by atoms with Gasteiger partial charge in [-0.15, -0.1) is 0 Å². The third-order valence-electron chi connectivity index (χ3n) is 3.84. The summed E-state index contributed by atoms with van der Waals surface area (Å²) in [6.07, 6.45) is 0.207. The van der Waals surface area contributed by atoms with E-state index in [9.17, 15) is 14.7 Å². The van der Waals surface area contributed by atoms with Gasteiger partial charge in [0.05, 0.1) is 18.6 Å². The van der Waals surface area contributed by atoms with Crippen molar-refractivity contribution in [2.45, 2.75) is 32.7 Å². The molecule has 0 unspecified atom stereocenters. The average Bonchev–Trinajstić information content (AvgIpc) is 2.58. The molecule has 0 aliphatic heterocycles. The molecule has 6 nitrogen and oxygen atoms in total. The molecule has 0 aliphatic carbocycles. The van der Waals surface area contributed by atoms with Gasteiger partial charge in [0.25, 0.3) is 0 Å². The molecule has 26 heavy (non-hydrogen) atoms. The predicted octanol–water partition coefficient (Wildman–Crippen LogP) is 3.07. The molecule has 0 saturated carbocycles. The highest BCUT2D eigenvalue weighted by Gasteiger charge is 2.18. The first-order valence-electron chi connectivity index (χ1n) is 8.43. The highest BCUT2D eigenvalue weighted by molar-refractivity contribution is 6.00. The largest absolute Gasteiger partial charge is 0.394 e. The lowest BCUT2D eigenvalue weighted by atomic mass is 10.1. The highest BCUT2D eigenvalue weighted by Crippen LogP contribution is 2.15. The van der Waals surface area contributed by atoms with E-state index >= 15 is 0 Å². The minimum atomic E-state index is -0.647. The molecule has 0 atom stereocenters. The molecule has 0 saturated heterocycles. The standard InChI is InChI=1S/C20H25N3O3/c1-14-6-4-5-7-17(14)22-19(26)21-16-10-8-15(9-11-16)12-18(25)23-20(2,3)13-24/h4-11,24H,12-13H2,1-3H3,(H,23,25)(H2,21,22,26). The van der Waals surface area contributed by atoms with E-state index in [1.807, 2.05) is 31.2 Å². The Morgan fingerprint density at radius 2 is 1.65 bits per heavy atom. The maximum atomic E-state index is 12.1. The number of carbonyl (C=O) groups is 2. The summed E-state index contributed by atoms with van der Waals surface area (Å²) in [7, 11) is 0. The second-order valence-corrected chi connectivity index (χ2v) is 6.86. The predicted molar refractivity (Wildman–Crippen MR) is 103 cm³/mol. The normalized spacial score (nSPS) is 10.9. The summed E-state index contributed by atoms with van der Waals surface area (Å²) < 4.78 is 0. The molecule has 2 aromatic carbocycles. The molecule has 0 fully saturated rings. The van der Waals surface area contributed by atoms with Crippen LogP contribution in [-0.2, 0) is 11.2 Å². The minimum Gasteiger partial charge on any atom is -0.394 e. The van der Waals surface area contributed by atoms with E-state index < -0.39 is 5.54 Å². The molecule has 4 N–H and O–H groups in total. The average molecular weight is 355 g/mol. The van der Waals surface area contributed by atoms with Gasteiger partial charge in [0.15, 0.2) is 0 Å². The Morgan fingerprint density at radius 1 is 1.00 bits per heavy atom. The van der Waals surface area contributed by atoms with E-state index in [4.69, 9.17) is 0 Å². The molecule has 0 radical (unpaired) electrons. The molecule has 2 aromatic rings. The molecule has 0 spiro atoms. The van der Waals surface area contributed by atoms with Crippen LogP contribution >= 0.6 is 0 Å². The van der Waals surface area contributed by atoms with Crippen LogP contribution in [-0.4, -0.2) is 29.2 Å². The maximum absolute atomic E-state index is 12.1. The lowest BCUT2D eigenvalue weighted by Crippen LogP contribution is -2.46. The molecule has 0 heterocycles. The van der Waals surface area contributed by atoms with Crippen molar-refractivity contribution in [3.05, 3.63) is 59.7 Å². The summed E-state index contributed by atoms with van der Waals surface area (Å²) in [5.41, 5.74) is 2.54. The molecular weight excluding hydrogens is 330 g/mol. The fourth-order valence-electron chi connectivity index (χ4n) is 2.35. The Kier molecular flexibility index (Phi) is 6.36. The van der Waals surface area contributed by atoms with Crippen LogP contribution in [0.5, 0.6) is 0 Å². The van der Waals surface area contributed by atoms with Crippen molar-refractivity contribution in [1.29, 1.82) is 0 Å².